The van der Waals surface area contributed by atoms with Crippen LogP contribution in [0.4, 0.5) is 0 Å². The molecular weight excluding hydrogens is 208 g/mol. The molecule has 11 heavy (non-hydrogen) atoms. The van der Waals surface area contributed by atoms with Gasteiger partial charge in [0.2, 0.25) is 0 Å². The lowest BCUT2D eigenvalue weighted by Crippen LogP contribution is -1.97. The van der Waals surface area contributed by atoms with Crippen LogP contribution in [0.2, 0.25) is 0 Å². The van der Waals surface area contributed by atoms with Gasteiger partial charge < -0.3 is 0 Å². The molecule has 0 bridgehead atoms. The second kappa shape index (κ2) is 3.67. The molecule has 0 aliphatic carbocycles. The van der Waals surface area contributed by atoms with Gasteiger partial charge in [0.1, 0.15) is 5.69 Å². The van der Waals surface area contributed by atoms with Crippen molar-refractivity contribution in [2.75, 3.05) is 0 Å². The third-order valence-electron chi connectivity index (χ3n) is 1.31. The normalized spacial score (nSPS) is 10.0. The van der Waals surface area contributed by atoms with Gasteiger partial charge in [0.25, 0.3) is 0 Å². The van der Waals surface area contributed by atoms with E-state index in [2.05, 4.69) is 28.0 Å². The lowest BCUT2D eigenvalue weighted by atomic mass is 10.5. The molecule has 0 radical (unpaired) electrons. The summed E-state index contributed by atoms with van der Waals surface area (Å²) < 4.78 is 2.52. The Morgan fingerprint density at radius 1 is 1.82 bits per heavy atom. The summed E-state index contributed by atoms with van der Waals surface area (Å²) in [7, 11) is 0. The Morgan fingerprint density at radius 2 is 2.55 bits per heavy atom. The number of carbonyl (C=O) groups is 1. The highest BCUT2D eigenvalue weighted by Gasteiger charge is 2.02. The third-order valence-corrected chi connectivity index (χ3v) is 1.92. The van der Waals surface area contributed by atoms with Gasteiger partial charge in [0.05, 0.1) is 4.47 Å². The molecule has 0 saturated carbocycles. The summed E-state index contributed by atoms with van der Waals surface area (Å²) in [6.07, 6.45) is 3.58. The quantitative estimate of drug-likeness (QED) is 0.724. The maximum Gasteiger partial charge on any atom is 0.171 e. The summed E-state index contributed by atoms with van der Waals surface area (Å²) >= 11 is 3.23. The highest BCUT2D eigenvalue weighted by Crippen LogP contribution is 2.12. The molecule has 60 valence electrons. The van der Waals surface area contributed by atoms with Crippen LogP contribution in [0.3, 0.4) is 0 Å². The first kappa shape index (κ1) is 8.46. The number of aromatic nitrogens is 2. The largest absolute Gasteiger partial charge is 0.296 e. The second-order valence-electron chi connectivity index (χ2n) is 2.24. The Morgan fingerprint density at radius 3 is 3.00 bits per heavy atom. The van der Waals surface area contributed by atoms with Crippen molar-refractivity contribution in [3.63, 3.8) is 0 Å². The predicted octanol–water partition coefficient (Wildman–Crippen LogP) is 1.87. The number of aryl methyl sites for hydroxylation is 1. The van der Waals surface area contributed by atoms with Gasteiger partial charge in [-0.2, -0.15) is 5.10 Å². The average Bonchev–Trinajstić information content (AvgIpc) is 2.32. The van der Waals surface area contributed by atoms with E-state index in [1.165, 1.54) is 0 Å². The minimum atomic E-state index is 0.471. The van der Waals surface area contributed by atoms with Crippen LogP contribution in [-0.2, 0) is 6.54 Å². The van der Waals surface area contributed by atoms with Gasteiger partial charge in [-0.1, -0.05) is 6.92 Å². The van der Waals surface area contributed by atoms with E-state index in [0.29, 0.717) is 5.69 Å². The molecule has 4 heteroatoms. The van der Waals surface area contributed by atoms with Crippen molar-refractivity contribution in [2.45, 2.75) is 19.9 Å². The van der Waals surface area contributed by atoms with Gasteiger partial charge in [0.15, 0.2) is 6.29 Å². The maximum atomic E-state index is 10.3. The van der Waals surface area contributed by atoms with Crippen molar-refractivity contribution in [3.05, 3.63) is 16.4 Å². The Kier molecular flexibility index (Phi) is 2.82. The van der Waals surface area contributed by atoms with E-state index in [1.807, 2.05) is 6.20 Å². The Hall–Kier alpha value is -0.640. The van der Waals surface area contributed by atoms with Gasteiger partial charge in [-0.3, -0.25) is 9.48 Å². The molecule has 1 rings (SSSR count). The average molecular weight is 217 g/mol. The zero-order valence-corrected chi connectivity index (χ0v) is 7.84. The van der Waals surface area contributed by atoms with E-state index < -0.39 is 0 Å². The summed E-state index contributed by atoms with van der Waals surface area (Å²) in [5.74, 6) is 0. The fraction of sp³-hybridized carbons (Fsp3) is 0.429. The van der Waals surface area contributed by atoms with Gasteiger partial charge in [-0.25, -0.2) is 0 Å². The summed E-state index contributed by atoms with van der Waals surface area (Å²) in [5, 5.41) is 4.02. The molecule has 1 aromatic rings. The molecule has 0 amide bonds. The molecule has 0 unspecified atom stereocenters. The van der Waals surface area contributed by atoms with Gasteiger partial charge in [0, 0.05) is 12.7 Å². The molecule has 0 spiro atoms. The van der Waals surface area contributed by atoms with Gasteiger partial charge in [-0.15, -0.1) is 0 Å². The first-order valence-electron chi connectivity index (χ1n) is 3.46. The number of rotatable bonds is 3. The highest BCUT2D eigenvalue weighted by atomic mass is 79.9. The van der Waals surface area contributed by atoms with Crippen LogP contribution < -0.4 is 0 Å². The van der Waals surface area contributed by atoms with Crippen molar-refractivity contribution in [3.8, 4) is 0 Å². The molecule has 1 heterocycles. The number of carbonyl (C=O) groups excluding carboxylic acids is 1. The molecule has 3 nitrogen and oxygen atoms in total. The van der Waals surface area contributed by atoms with E-state index in [9.17, 15) is 4.79 Å². The van der Waals surface area contributed by atoms with Crippen molar-refractivity contribution >= 4 is 22.2 Å². The second-order valence-corrected chi connectivity index (χ2v) is 3.10. The summed E-state index contributed by atoms with van der Waals surface area (Å²) in [5.41, 5.74) is 0.471. The van der Waals surface area contributed by atoms with Crippen molar-refractivity contribution in [2.24, 2.45) is 0 Å². The Bertz CT molecular complexity index is 257. The van der Waals surface area contributed by atoms with E-state index in [-0.39, 0.29) is 0 Å². The van der Waals surface area contributed by atoms with Crippen LogP contribution in [0.15, 0.2) is 10.7 Å². The van der Waals surface area contributed by atoms with E-state index in [1.54, 1.807) is 4.68 Å². The minimum absolute atomic E-state index is 0.471. The zero-order chi connectivity index (χ0) is 8.27. The first-order valence-corrected chi connectivity index (χ1v) is 4.25. The Balaban J connectivity index is 2.86. The summed E-state index contributed by atoms with van der Waals surface area (Å²) in [6, 6.07) is 0. The standard InChI is InChI=1S/C7H9BrN2O/c1-2-3-10-4-6(8)7(5-11)9-10/h4-5H,2-3H2,1H3. The molecule has 0 fully saturated rings. The molecule has 0 aliphatic heterocycles. The lowest BCUT2D eigenvalue weighted by Gasteiger charge is -1.93. The number of aldehydes is 1. The van der Waals surface area contributed by atoms with Crippen LogP contribution in [0.25, 0.3) is 0 Å². The maximum absolute atomic E-state index is 10.3. The molecular formula is C7H9BrN2O. The highest BCUT2D eigenvalue weighted by molar-refractivity contribution is 9.10. The molecule has 0 N–H and O–H groups in total. The zero-order valence-electron chi connectivity index (χ0n) is 6.25. The number of halogens is 1. The van der Waals surface area contributed by atoms with Crippen molar-refractivity contribution in [1.82, 2.24) is 9.78 Å². The third kappa shape index (κ3) is 1.89. The van der Waals surface area contributed by atoms with Crippen LogP contribution in [0, 0.1) is 0 Å². The smallest absolute Gasteiger partial charge is 0.171 e. The SMILES string of the molecule is CCCn1cc(Br)c(C=O)n1. The van der Waals surface area contributed by atoms with E-state index in [0.717, 1.165) is 23.7 Å². The van der Waals surface area contributed by atoms with Gasteiger partial charge in [-0.05, 0) is 22.4 Å². The van der Waals surface area contributed by atoms with Crippen LogP contribution in [0.5, 0.6) is 0 Å². The predicted molar refractivity (Wildman–Crippen MR) is 45.6 cm³/mol. The Labute approximate surface area is 73.5 Å². The molecule has 1 aromatic heterocycles. The fourth-order valence-electron chi connectivity index (χ4n) is 0.835. The summed E-state index contributed by atoms with van der Waals surface area (Å²) in [6.45, 7) is 2.92. The van der Waals surface area contributed by atoms with E-state index >= 15 is 0 Å². The molecule has 0 aromatic carbocycles. The fourth-order valence-corrected chi connectivity index (χ4v) is 1.24. The van der Waals surface area contributed by atoms with Crippen LogP contribution in [0.1, 0.15) is 23.8 Å². The number of hydrogen-bond donors (Lipinski definition) is 0. The van der Waals surface area contributed by atoms with Crippen LogP contribution >= 0.6 is 15.9 Å². The molecule has 0 saturated heterocycles. The number of hydrogen-bond acceptors (Lipinski definition) is 2. The molecule has 0 atom stereocenters. The first-order chi connectivity index (χ1) is 5.27. The minimum Gasteiger partial charge on any atom is -0.296 e. The topological polar surface area (TPSA) is 34.9 Å². The molecule has 0 aliphatic rings. The van der Waals surface area contributed by atoms with Gasteiger partial charge >= 0.3 is 0 Å². The lowest BCUT2D eigenvalue weighted by molar-refractivity contribution is 0.111. The van der Waals surface area contributed by atoms with Crippen LogP contribution in [-0.4, -0.2) is 16.1 Å². The van der Waals surface area contributed by atoms with Crippen molar-refractivity contribution < 1.29 is 4.79 Å². The monoisotopic (exact) mass is 216 g/mol. The number of nitrogens with zero attached hydrogens (tertiary/aromatic N) is 2. The van der Waals surface area contributed by atoms with Crippen molar-refractivity contribution in [1.29, 1.82) is 0 Å². The summed E-state index contributed by atoms with van der Waals surface area (Å²) in [4.78, 5) is 10.3. The van der Waals surface area contributed by atoms with E-state index in [4.69, 9.17) is 0 Å².